The maximum atomic E-state index is 13.1. The number of hydrogen-bond donors (Lipinski definition) is 0. The Kier molecular flexibility index (Phi) is 4.01. The monoisotopic (exact) mass is 218 g/mol. The summed E-state index contributed by atoms with van der Waals surface area (Å²) in [5.41, 5.74) is 0.170. The van der Waals surface area contributed by atoms with E-state index in [1.54, 1.807) is 0 Å². The highest BCUT2D eigenvalue weighted by molar-refractivity contribution is 6.18. The van der Waals surface area contributed by atoms with Crippen molar-refractivity contribution in [3.8, 4) is 0 Å². The summed E-state index contributed by atoms with van der Waals surface area (Å²) in [6.07, 6.45) is -1.62. The van der Waals surface area contributed by atoms with E-state index in [2.05, 4.69) is 0 Å². The second kappa shape index (κ2) is 5.05. The molecular weight excluding hydrogens is 210 g/mol. The number of alkyl halides is 2. The van der Waals surface area contributed by atoms with E-state index < -0.39 is 17.8 Å². The molecule has 0 aliphatic carbocycles. The number of halogens is 3. The minimum atomic E-state index is -1.60. The van der Waals surface area contributed by atoms with Crippen LogP contribution in [0.25, 0.3) is 0 Å². The molecule has 14 heavy (non-hydrogen) atoms. The molecule has 0 amide bonds. The molecule has 1 unspecified atom stereocenters. The van der Waals surface area contributed by atoms with Gasteiger partial charge in [0, 0.05) is 11.4 Å². The molecule has 0 spiro atoms. The zero-order valence-corrected chi connectivity index (χ0v) is 8.10. The van der Waals surface area contributed by atoms with E-state index in [1.807, 2.05) is 0 Å². The molecule has 0 aliphatic rings. The third-order valence-corrected chi connectivity index (χ3v) is 1.99. The third kappa shape index (κ3) is 2.77. The Labute approximate surface area is 85.7 Å². The summed E-state index contributed by atoms with van der Waals surface area (Å²) in [7, 11) is 0. The molecule has 0 fully saturated rings. The van der Waals surface area contributed by atoms with Crippen molar-refractivity contribution in [2.24, 2.45) is 0 Å². The van der Waals surface area contributed by atoms with Gasteiger partial charge in [0.15, 0.2) is 12.0 Å². The van der Waals surface area contributed by atoms with E-state index in [0.717, 1.165) is 12.1 Å². The summed E-state index contributed by atoms with van der Waals surface area (Å²) >= 11 is 5.30. The second-order valence-electron chi connectivity index (χ2n) is 2.82. The van der Waals surface area contributed by atoms with Gasteiger partial charge in [0.2, 0.25) is 0 Å². The molecule has 0 bridgehead atoms. The van der Waals surface area contributed by atoms with Crippen LogP contribution in [0.2, 0.25) is 0 Å². The van der Waals surface area contributed by atoms with Crippen molar-refractivity contribution in [2.45, 2.75) is 12.6 Å². The Bertz CT molecular complexity index is 310. The van der Waals surface area contributed by atoms with Crippen molar-refractivity contribution in [1.29, 1.82) is 0 Å². The molecule has 76 valence electrons. The van der Waals surface area contributed by atoms with E-state index in [-0.39, 0.29) is 17.9 Å². The minimum absolute atomic E-state index is 0.0161. The highest BCUT2D eigenvalue weighted by Gasteiger charge is 2.18. The number of carbonyl (C=O) groups is 1. The first-order chi connectivity index (χ1) is 6.65. The summed E-state index contributed by atoms with van der Waals surface area (Å²) in [5.74, 6) is -1.01. The predicted octanol–water partition coefficient (Wildman–Crippen LogP) is 2.98. The molecule has 0 aliphatic heterocycles. The molecule has 0 saturated carbocycles. The van der Waals surface area contributed by atoms with E-state index in [1.165, 1.54) is 12.1 Å². The second-order valence-corrected chi connectivity index (χ2v) is 3.19. The maximum Gasteiger partial charge on any atom is 0.196 e. The number of hydrogen-bond acceptors (Lipinski definition) is 1. The molecule has 1 atom stereocenters. The van der Waals surface area contributed by atoms with Crippen molar-refractivity contribution in [3.05, 3.63) is 35.6 Å². The number of Topliss-reactive ketones (excluding diaryl/α,β-unsaturated/α-hetero) is 1. The Morgan fingerprint density at radius 3 is 2.43 bits per heavy atom. The van der Waals surface area contributed by atoms with Crippen LogP contribution in [0.4, 0.5) is 8.78 Å². The molecule has 1 nitrogen and oxygen atoms in total. The molecule has 0 heterocycles. The van der Waals surface area contributed by atoms with Crippen molar-refractivity contribution in [1.82, 2.24) is 0 Å². The van der Waals surface area contributed by atoms with Crippen molar-refractivity contribution >= 4 is 17.4 Å². The van der Waals surface area contributed by atoms with Gasteiger partial charge in [0.1, 0.15) is 5.82 Å². The quantitative estimate of drug-likeness (QED) is 0.561. The molecule has 1 aromatic carbocycles. The van der Waals surface area contributed by atoms with Gasteiger partial charge in [-0.1, -0.05) is 0 Å². The average Bonchev–Trinajstić information content (AvgIpc) is 2.18. The van der Waals surface area contributed by atoms with E-state index >= 15 is 0 Å². The van der Waals surface area contributed by atoms with Crippen LogP contribution < -0.4 is 0 Å². The normalized spacial score (nSPS) is 12.5. The van der Waals surface area contributed by atoms with E-state index in [4.69, 9.17) is 11.6 Å². The van der Waals surface area contributed by atoms with E-state index in [9.17, 15) is 13.6 Å². The Morgan fingerprint density at radius 2 is 1.93 bits per heavy atom. The molecule has 4 heteroatoms. The van der Waals surface area contributed by atoms with Gasteiger partial charge in [-0.2, -0.15) is 0 Å². The molecule has 0 radical (unpaired) electrons. The van der Waals surface area contributed by atoms with Gasteiger partial charge < -0.3 is 0 Å². The molecule has 0 N–H and O–H groups in total. The molecule has 0 saturated heterocycles. The summed E-state index contributed by atoms with van der Waals surface area (Å²) < 4.78 is 25.5. The van der Waals surface area contributed by atoms with Crippen molar-refractivity contribution < 1.29 is 13.6 Å². The lowest BCUT2D eigenvalue weighted by Gasteiger charge is -2.04. The highest BCUT2D eigenvalue weighted by Crippen LogP contribution is 2.11. The molecule has 1 aromatic rings. The van der Waals surface area contributed by atoms with Crippen LogP contribution in [-0.4, -0.2) is 17.8 Å². The molecule has 1 rings (SSSR count). The van der Waals surface area contributed by atoms with Gasteiger partial charge in [-0.3, -0.25) is 4.79 Å². The summed E-state index contributed by atoms with van der Waals surface area (Å²) in [6.45, 7) is 0. The van der Waals surface area contributed by atoms with Gasteiger partial charge in [0.25, 0.3) is 0 Å². The van der Waals surface area contributed by atoms with Gasteiger partial charge in [0.05, 0.1) is 0 Å². The van der Waals surface area contributed by atoms with Crippen LogP contribution >= 0.6 is 11.6 Å². The fraction of sp³-hybridized carbons (Fsp3) is 0.300. The average molecular weight is 219 g/mol. The van der Waals surface area contributed by atoms with Crippen LogP contribution in [0.1, 0.15) is 16.8 Å². The van der Waals surface area contributed by atoms with Gasteiger partial charge in [-0.25, -0.2) is 8.78 Å². The van der Waals surface area contributed by atoms with Crippen LogP contribution in [0.15, 0.2) is 24.3 Å². The van der Waals surface area contributed by atoms with Crippen LogP contribution in [0.5, 0.6) is 0 Å². The largest absolute Gasteiger partial charge is 0.291 e. The SMILES string of the molecule is O=C(c1ccc(F)cc1)C(F)CCCl. The lowest BCUT2D eigenvalue weighted by molar-refractivity contribution is 0.0874. The first-order valence-corrected chi connectivity index (χ1v) is 4.68. The van der Waals surface area contributed by atoms with Gasteiger partial charge in [-0.05, 0) is 30.7 Å². The summed E-state index contributed by atoms with van der Waals surface area (Å²) in [6, 6.07) is 4.78. The van der Waals surface area contributed by atoms with E-state index in [0.29, 0.717) is 0 Å². The Balaban J connectivity index is 2.74. The first kappa shape index (κ1) is 11.1. The fourth-order valence-corrected chi connectivity index (χ4v) is 1.21. The number of carbonyl (C=O) groups excluding carboxylic acids is 1. The molecule has 0 aromatic heterocycles. The third-order valence-electron chi connectivity index (χ3n) is 1.78. The highest BCUT2D eigenvalue weighted by atomic mass is 35.5. The fourth-order valence-electron chi connectivity index (χ4n) is 1.02. The predicted molar refractivity (Wildman–Crippen MR) is 51.0 cm³/mol. The lowest BCUT2D eigenvalue weighted by atomic mass is 10.1. The summed E-state index contributed by atoms with van der Waals surface area (Å²) in [5, 5.41) is 0. The Morgan fingerprint density at radius 1 is 1.36 bits per heavy atom. The first-order valence-electron chi connectivity index (χ1n) is 4.15. The Hall–Kier alpha value is -0.960. The summed E-state index contributed by atoms with van der Waals surface area (Å²) in [4.78, 5) is 11.3. The number of benzene rings is 1. The maximum absolute atomic E-state index is 13.1. The van der Waals surface area contributed by atoms with Crippen molar-refractivity contribution in [3.63, 3.8) is 0 Å². The number of ketones is 1. The van der Waals surface area contributed by atoms with Crippen LogP contribution in [0.3, 0.4) is 0 Å². The topological polar surface area (TPSA) is 17.1 Å². The smallest absolute Gasteiger partial charge is 0.196 e. The van der Waals surface area contributed by atoms with Crippen LogP contribution in [0, 0.1) is 5.82 Å². The lowest BCUT2D eigenvalue weighted by Crippen LogP contribution is -2.16. The van der Waals surface area contributed by atoms with Gasteiger partial charge >= 0.3 is 0 Å². The van der Waals surface area contributed by atoms with Crippen molar-refractivity contribution in [2.75, 3.05) is 5.88 Å². The molecular formula is C10H9ClF2O. The van der Waals surface area contributed by atoms with Crippen LogP contribution in [-0.2, 0) is 0 Å². The zero-order valence-electron chi connectivity index (χ0n) is 7.34. The number of rotatable bonds is 4. The van der Waals surface area contributed by atoms with Gasteiger partial charge in [-0.15, -0.1) is 11.6 Å². The standard InChI is InChI=1S/C10H9ClF2O/c11-6-5-9(13)10(14)7-1-3-8(12)4-2-7/h1-4,9H,5-6H2. The minimum Gasteiger partial charge on any atom is -0.291 e. The zero-order chi connectivity index (χ0) is 10.6.